The number of carbonyl (C=O) groups is 1. The lowest BCUT2D eigenvalue weighted by atomic mass is 9.96. The second-order valence-corrected chi connectivity index (χ2v) is 4.86. The largest absolute Gasteiger partial charge is 0.366 e. The molecule has 1 unspecified atom stereocenters. The molecule has 19 heavy (non-hydrogen) atoms. The number of hydrogen-bond donors (Lipinski definition) is 2. The molecule has 2 aromatic rings. The maximum atomic E-state index is 11.4. The monoisotopic (exact) mass is 252 g/mol. The zero-order chi connectivity index (χ0) is 13.2. The smallest absolute Gasteiger partial charge is 0.249 e. The highest BCUT2D eigenvalue weighted by molar-refractivity contribution is 5.94. The number of amides is 1. The van der Waals surface area contributed by atoms with Gasteiger partial charge in [-0.15, -0.1) is 0 Å². The predicted octanol–water partition coefficient (Wildman–Crippen LogP) is 2.17. The summed E-state index contributed by atoms with van der Waals surface area (Å²) in [7, 11) is 0. The van der Waals surface area contributed by atoms with Gasteiger partial charge in [-0.2, -0.15) is 0 Å². The first-order valence-electron chi connectivity index (χ1n) is 6.44. The van der Waals surface area contributed by atoms with Crippen LogP contribution in [0.5, 0.6) is 0 Å². The molecule has 1 aliphatic heterocycles. The summed E-state index contributed by atoms with van der Waals surface area (Å²) in [5.74, 6) is -0.348. The fourth-order valence-electron chi connectivity index (χ4n) is 2.73. The molecule has 0 spiro atoms. The van der Waals surface area contributed by atoms with Crippen LogP contribution in [0.4, 0.5) is 0 Å². The van der Waals surface area contributed by atoms with E-state index in [0.29, 0.717) is 12.1 Å². The minimum absolute atomic E-state index is 0.261. The normalized spacial score (nSPS) is 17.2. The van der Waals surface area contributed by atoms with Crippen LogP contribution in [0.3, 0.4) is 0 Å². The summed E-state index contributed by atoms with van der Waals surface area (Å²) in [6.45, 7) is 0.714. The van der Waals surface area contributed by atoms with Gasteiger partial charge in [0, 0.05) is 18.2 Å². The van der Waals surface area contributed by atoms with Crippen LogP contribution >= 0.6 is 0 Å². The summed E-state index contributed by atoms with van der Waals surface area (Å²) < 4.78 is 0. The lowest BCUT2D eigenvalue weighted by Crippen LogP contribution is -2.14. The molecule has 0 saturated carbocycles. The molecule has 1 atom stereocenters. The number of carbonyl (C=O) groups excluding carboxylic acids is 1. The Labute approximate surface area is 112 Å². The van der Waals surface area contributed by atoms with Crippen molar-refractivity contribution < 1.29 is 4.79 Å². The van der Waals surface area contributed by atoms with Crippen LogP contribution in [-0.2, 0) is 13.0 Å². The van der Waals surface area contributed by atoms with E-state index in [4.69, 9.17) is 5.73 Å². The molecule has 0 fully saturated rings. The van der Waals surface area contributed by atoms with E-state index in [0.717, 1.165) is 12.0 Å². The van der Waals surface area contributed by atoms with E-state index in [1.807, 2.05) is 24.3 Å². The molecule has 3 rings (SSSR count). The van der Waals surface area contributed by atoms with Crippen molar-refractivity contribution in [3.63, 3.8) is 0 Å². The predicted molar refractivity (Wildman–Crippen MR) is 74.7 cm³/mol. The molecule has 3 heteroatoms. The first kappa shape index (κ1) is 11.9. The average Bonchev–Trinajstić information content (AvgIpc) is 2.83. The minimum Gasteiger partial charge on any atom is -0.366 e. The minimum atomic E-state index is -0.348. The molecule has 1 aliphatic rings. The number of primary amides is 1. The van der Waals surface area contributed by atoms with Gasteiger partial charge in [-0.1, -0.05) is 42.5 Å². The summed E-state index contributed by atoms with van der Waals surface area (Å²) in [4.78, 5) is 11.4. The maximum absolute atomic E-state index is 11.4. The Kier molecular flexibility index (Phi) is 3.05. The standard InChI is InChI=1S/C16H16N2O/c17-16(19)13-8-4-7-12-14(13)10-18-15(12)9-11-5-2-1-3-6-11/h1-8,15,18H,9-10H2,(H2,17,19). The summed E-state index contributed by atoms with van der Waals surface area (Å²) in [5, 5.41) is 3.46. The van der Waals surface area contributed by atoms with E-state index in [1.165, 1.54) is 11.1 Å². The summed E-state index contributed by atoms with van der Waals surface area (Å²) in [6, 6.07) is 16.4. The van der Waals surface area contributed by atoms with Gasteiger partial charge in [0.25, 0.3) is 0 Å². The Morgan fingerprint density at radius 3 is 2.68 bits per heavy atom. The van der Waals surface area contributed by atoms with E-state index in [1.54, 1.807) is 6.07 Å². The highest BCUT2D eigenvalue weighted by Gasteiger charge is 2.25. The van der Waals surface area contributed by atoms with E-state index in [9.17, 15) is 4.79 Å². The number of benzene rings is 2. The lowest BCUT2D eigenvalue weighted by Gasteiger charge is -2.12. The van der Waals surface area contributed by atoms with Crippen LogP contribution in [0.25, 0.3) is 0 Å². The van der Waals surface area contributed by atoms with Crippen LogP contribution < -0.4 is 11.1 Å². The molecule has 0 aliphatic carbocycles. The van der Waals surface area contributed by atoms with Crippen molar-refractivity contribution in [2.45, 2.75) is 19.0 Å². The third-order valence-electron chi connectivity index (χ3n) is 3.66. The Morgan fingerprint density at radius 1 is 1.16 bits per heavy atom. The Hall–Kier alpha value is -2.13. The highest BCUT2D eigenvalue weighted by Crippen LogP contribution is 2.30. The quantitative estimate of drug-likeness (QED) is 0.879. The van der Waals surface area contributed by atoms with E-state index in [2.05, 4.69) is 23.5 Å². The third-order valence-corrected chi connectivity index (χ3v) is 3.66. The maximum Gasteiger partial charge on any atom is 0.249 e. The average molecular weight is 252 g/mol. The van der Waals surface area contributed by atoms with Crippen LogP contribution in [0.15, 0.2) is 48.5 Å². The third kappa shape index (κ3) is 2.25. The van der Waals surface area contributed by atoms with Crippen molar-refractivity contribution in [1.29, 1.82) is 0 Å². The van der Waals surface area contributed by atoms with Crippen LogP contribution in [0, 0.1) is 0 Å². The van der Waals surface area contributed by atoms with Crippen molar-refractivity contribution >= 4 is 5.91 Å². The fourth-order valence-corrected chi connectivity index (χ4v) is 2.73. The number of rotatable bonds is 3. The van der Waals surface area contributed by atoms with E-state index < -0.39 is 0 Å². The second kappa shape index (κ2) is 4.86. The van der Waals surface area contributed by atoms with Gasteiger partial charge in [0.2, 0.25) is 5.91 Å². The molecule has 0 bridgehead atoms. The van der Waals surface area contributed by atoms with E-state index in [-0.39, 0.29) is 11.9 Å². The number of fused-ring (bicyclic) bond motifs is 1. The first-order chi connectivity index (χ1) is 9.25. The molecule has 1 heterocycles. The molecule has 0 aromatic heterocycles. The van der Waals surface area contributed by atoms with Crippen molar-refractivity contribution in [3.8, 4) is 0 Å². The van der Waals surface area contributed by atoms with Crippen molar-refractivity contribution in [2.24, 2.45) is 5.73 Å². The van der Waals surface area contributed by atoms with Gasteiger partial charge < -0.3 is 11.1 Å². The van der Waals surface area contributed by atoms with Gasteiger partial charge in [0.05, 0.1) is 0 Å². The molecular formula is C16H16N2O. The van der Waals surface area contributed by atoms with Crippen molar-refractivity contribution in [3.05, 3.63) is 70.8 Å². The van der Waals surface area contributed by atoms with E-state index >= 15 is 0 Å². The van der Waals surface area contributed by atoms with Crippen LogP contribution in [-0.4, -0.2) is 5.91 Å². The van der Waals surface area contributed by atoms with Crippen molar-refractivity contribution in [2.75, 3.05) is 0 Å². The molecule has 0 radical (unpaired) electrons. The molecular weight excluding hydrogens is 236 g/mol. The first-order valence-corrected chi connectivity index (χ1v) is 6.44. The van der Waals surface area contributed by atoms with Gasteiger partial charge in [-0.3, -0.25) is 4.79 Å². The van der Waals surface area contributed by atoms with Gasteiger partial charge in [0.15, 0.2) is 0 Å². The molecule has 3 nitrogen and oxygen atoms in total. The second-order valence-electron chi connectivity index (χ2n) is 4.86. The Bertz CT molecular complexity index is 607. The lowest BCUT2D eigenvalue weighted by molar-refractivity contribution is 0.0999. The molecule has 1 amide bonds. The topological polar surface area (TPSA) is 55.1 Å². The molecule has 0 saturated heterocycles. The van der Waals surface area contributed by atoms with Gasteiger partial charge in [-0.05, 0) is 29.2 Å². The highest BCUT2D eigenvalue weighted by atomic mass is 16.1. The van der Waals surface area contributed by atoms with Crippen LogP contribution in [0.1, 0.15) is 33.1 Å². The molecule has 3 N–H and O–H groups in total. The van der Waals surface area contributed by atoms with Gasteiger partial charge >= 0.3 is 0 Å². The van der Waals surface area contributed by atoms with Crippen LogP contribution in [0.2, 0.25) is 0 Å². The van der Waals surface area contributed by atoms with Gasteiger partial charge in [-0.25, -0.2) is 0 Å². The zero-order valence-electron chi connectivity index (χ0n) is 10.6. The number of nitrogens with one attached hydrogen (secondary N) is 1. The Morgan fingerprint density at radius 2 is 1.95 bits per heavy atom. The summed E-state index contributed by atoms with van der Waals surface area (Å²) >= 11 is 0. The van der Waals surface area contributed by atoms with Crippen molar-refractivity contribution in [1.82, 2.24) is 5.32 Å². The summed E-state index contributed by atoms with van der Waals surface area (Å²) in [5.41, 5.74) is 9.59. The molecule has 96 valence electrons. The molecule has 2 aromatic carbocycles. The fraction of sp³-hybridized carbons (Fsp3) is 0.188. The Balaban J connectivity index is 1.91. The van der Waals surface area contributed by atoms with Gasteiger partial charge in [0.1, 0.15) is 0 Å². The number of nitrogens with two attached hydrogens (primary N) is 1. The SMILES string of the molecule is NC(=O)c1cccc2c1CNC2Cc1ccccc1. The zero-order valence-corrected chi connectivity index (χ0v) is 10.6. The summed E-state index contributed by atoms with van der Waals surface area (Å²) in [6.07, 6.45) is 0.927. The number of hydrogen-bond acceptors (Lipinski definition) is 2.